The number of phenols is 1. The molecule has 5 heteroatoms. The van der Waals surface area contributed by atoms with E-state index in [0.29, 0.717) is 0 Å². The van der Waals surface area contributed by atoms with Gasteiger partial charge in [-0.05, 0) is 49.0 Å². The van der Waals surface area contributed by atoms with Crippen molar-refractivity contribution in [3.05, 3.63) is 42.5 Å². The van der Waals surface area contributed by atoms with Gasteiger partial charge >= 0.3 is 0 Å². The highest BCUT2D eigenvalue weighted by Crippen LogP contribution is 2.26. The number of piperazine rings is 1. The number of nitrogens with zero attached hydrogens (tertiary/aromatic N) is 3. The molecule has 0 bridgehead atoms. The lowest BCUT2D eigenvalue weighted by Crippen LogP contribution is -2.46. The molecule has 2 heterocycles. The van der Waals surface area contributed by atoms with Crippen LogP contribution in [0.15, 0.2) is 42.5 Å². The van der Waals surface area contributed by atoms with Crippen LogP contribution in [0.4, 0.5) is 5.69 Å². The topological polar surface area (TPSA) is 55.4 Å². The van der Waals surface area contributed by atoms with Crippen LogP contribution in [0.25, 0.3) is 22.4 Å². The predicted octanol–water partition coefficient (Wildman–Crippen LogP) is 3.71. The van der Waals surface area contributed by atoms with Crippen molar-refractivity contribution in [2.24, 2.45) is 0 Å². The molecule has 0 amide bonds. The van der Waals surface area contributed by atoms with Crippen molar-refractivity contribution in [3.63, 3.8) is 0 Å². The Morgan fingerprint density at radius 2 is 1.76 bits per heavy atom. The van der Waals surface area contributed by atoms with E-state index in [1.807, 2.05) is 12.1 Å². The van der Waals surface area contributed by atoms with Gasteiger partial charge in [-0.2, -0.15) is 0 Å². The number of likely N-dealkylation sites (N-methyl/N-ethyl adjacent to an activating group) is 1. The number of fused-ring (bicyclic) bond motifs is 1. The summed E-state index contributed by atoms with van der Waals surface area (Å²) in [6.45, 7) is 7.73. The smallest absolute Gasteiger partial charge is 0.138 e. The van der Waals surface area contributed by atoms with Crippen molar-refractivity contribution >= 4 is 16.7 Å². The van der Waals surface area contributed by atoms with Crippen molar-refractivity contribution < 1.29 is 5.11 Å². The fraction of sp³-hybridized carbons (Fsp3) is 0.350. The summed E-state index contributed by atoms with van der Waals surface area (Å²) in [5.41, 5.74) is 4.24. The highest BCUT2D eigenvalue weighted by molar-refractivity contribution is 5.83. The molecule has 1 fully saturated rings. The molecule has 132 valence electrons. The molecule has 2 aromatic carbocycles. The summed E-state index contributed by atoms with van der Waals surface area (Å²) in [4.78, 5) is 13.0. The number of aromatic hydroxyl groups is 1. The molecule has 0 spiro atoms. The number of hydrogen-bond acceptors (Lipinski definition) is 4. The summed E-state index contributed by atoms with van der Waals surface area (Å²) >= 11 is 0. The second-order valence-electron chi connectivity index (χ2n) is 6.26. The van der Waals surface area contributed by atoms with E-state index >= 15 is 0 Å². The Morgan fingerprint density at radius 3 is 2.44 bits per heavy atom. The standard InChI is InChI=1S/C19H22N4O.CH4/c1-2-22-9-11-23(12-10-22)15-5-8-17-18(13-15)21-19(20-17)14-3-6-16(24)7-4-14;/h3-8,13,24H,2,9-12H2,1H3,(H,20,21);1H4. The van der Waals surface area contributed by atoms with Crippen molar-refractivity contribution in [1.29, 1.82) is 0 Å². The van der Waals surface area contributed by atoms with Crippen molar-refractivity contribution in [3.8, 4) is 17.1 Å². The van der Waals surface area contributed by atoms with Crippen LogP contribution >= 0.6 is 0 Å². The van der Waals surface area contributed by atoms with Gasteiger partial charge in [-0.1, -0.05) is 14.4 Å². The SMILES string of the molecule is C.CCN1CCN(c2ccc3nc(-c4ccc(O)cc4)[nH]c3c2)CC1. The zero-order chi connectivity index (χ0) is 16.5. The van der Waals surface area contributed by atoms with Crippen LogP contribution in [0, 0.1) is 0 Å². The van der Waals surface area contributed by atoms with Crippen LogP contribution in [0.3, 0.4) is 0 Å². The number of imidazole rings is 1. The Hall–Kier alpha value is -2.53. The second-order valence-corrected chi connectivity index (χ2v) is 6.26. The van der Waals surface area contributed by atoms with E-state index in [9.17, 15) is 5.11 Å². The molecule has 0 unspecified atom stereocenters. The average molecular weight is 338 g/mol. The number of aromatic nitrogens is 2. The Balaban J connectivity index is 0.00000182. The van der Waals surface area contributed by atoms with Crippen LogP contribution in [0.5, 0.6) is 5.75 Å². The van der Waals surface area contributed by atoms with Gasteiger partial charge in [0, 0.05) is 37.4 Å². The zero-order valence-corrected chi connectivity index (χ0v) is 13.9. The highest BCUT2D eigenvalue weighted by Gasteiger charge is 2.16. The molecule has 4 rings (SSSR count). The van der Waals surface area contributed by atoms with Gasteiger partial charge in [0.25, 0.3) is 0 Å². The summed E-state index contributed by atoms with van der Waals surface area (Å²) in [6, 6.07) is 13.5. The zero-order valence-electron chi connectivity index (χ0n) is 13.9. The first-order valence-corrected chi connectivity index (χ1v) is 8.49. The van der Waals surface area contributed by atoms with E-state index in [1.165, 1.54) is 5.69 Å². The molecule has 0 saturated carbocycles. The van der Waals surface area contributed by atoms with E-state index in [-0.39, 0.29) is 13.2 Å². The molecule has 1 aliphatic rings. The number of phenolic OH excluding ortho intramolecular Hbond substituents is 1. The third-order valence-corrected chi connectivity index (χ3v) is 4.79. The molecule has 25 heavy (non-hydrogen) atoms. The van der Waals surface area contributed by atoms with E-state index < -0.39 is 0 Å². The summed E-state index contributed by atoms with van der Waals surface area (Å²) in [5.74, 6) is 1.10. The van der Waals surface area contributed by atoms with E-state index in [4.69, 9.17) is 0 Å². The maximum Gasteiger partial charge on any atom is 0.138 e. The highest BCUT2D eigenvalue weighted by atomic mass is 16.3. The van der Waals surface area contributed by atoms with Crippen LogP contribution in [0.2, 0.25) is 0 Å². The molecule has 0 aliphatic carbocycles. The quantitative estimate of drug-likeness (QED) is 0.764. The van der Waals surface area contributed by atoms with Crippen LogP contribution < -0.4 is 4.90 Å². The van der Waals surface area contributed by atoms with Crippen LogP contribution in [0.1, 0.15) is 14.4 Å². The third kappa shape index (κ3) is 3.46. The minimum absolute atomic E-state index is 0. The number of benzene rings is 2. The Kier molecular flexibility index (Phi) is 4.95. The Labute approximate surface area is 148 Å². The molecule has 5 nitrogen and oxygen atoms in total. The minimum atomic E-state index is 0. The van der Waals surface area contributed by atoms with Crippen LogP contribution in [-0.4, -0.2) is 52.7 Å². The first-order chi connectivity index (χ1) is 11.7. The molecule has 1 saturated heterocycles. The largest absolute Gasteiger partial charge is 0.508 e. The first kappa shape index (κ1) is 17.3. The number of H-pyrrole nitrogens is 1. The molecular weight excluding hydrogens is 312 g/mol. The van der Waals surface area contributed by atoms with E-state index in [2.05, 4.69) is 44.9 Å². The van der Waals surface area contributed by atoms with Gasteiger partial charge in [0.05, 0.1) is 11.0 Å². The Morgan fingerprint density at radius 1 is 1.04 bits per heavy atom. The first-order valence-electron chi connectivity index (χ1n) is 8.49. The summed E-state index contributed by atoms with van der Waals surface area (Å²) in [6.07, 6.45) is 0. The summed E-state index contributed by atoms with van der Waals surface area (Å²) < 4.78 is 0. The number of aromatic amines is 1. The fourth-order valence-electron chi connectivity index (χ4n) is 3.27. The molecule has 2 N–H and O–H groups in total. The second kappa shape index (κ2) is 7.15. The predicted molar refractivity (Wildman–Crippen MR) is 104 cm³/mol. The molecule has 1 aromatic heterocycles. The van der Waals surface area contributed by atoms with Gasteiger partial charge in [0.15, 0.2) is 0 Å². The number of hydrogen-bond donors (Lipinski definition) is 2. The number of rotatable bonds is 3. The fourth-order valence-corrected chi connectivity index (χ4v) is 3.27. The third-order valence-electron chi connectivity index (χ3n) is 4.79. The van der Waals surface area contributed by atoms with Gasteiger partial charge in [0.1, 0.15) is 11.6 Å². The lowest BCUT2D eigenvalue weighted by Gasteiger charge is -2.35. The lowest BCUT2D eigenvalue weighted by atomic mass is 10.2. The van der Waals surface area contributed by atoms with Crippen molar-refractivity contribution in [2.45, 2.75) is 14.4 Å². The lowest BCUT2D eigenvalue weighted by molar-refractivity contribution is 0.271. The van der Waals surface area contributed by atoms with E-state index in [1.54, 1.807) is 12.1 Å². The maximum atomic E-state index is 9.42. The van der Waals surface area contributed by atoms with Crippen LogP contribution in [-0.2, 0) is 0 Å². The molecule has 0 atom stereocenters. The molecule has 0 radical (unpaired) electrons. The number of anilines is 1. The van der Waals surface area contributed by atoms with E-state index in [0.717, 1.165) is 55.1 Å². The van der Waals surface area contributed by atoms with Gasteiger partial charge in [0.2, 0.25) is 0 Å². The van der Waals surface area contributed by atoms with Crippen molar-refractivity contribution in [2.75, 3.05) is 37.6 Å². The summed E-state index contributed by atoms with van der Waals surface area (Å²) in [5, 5.41) is 9.42. The molecule has 3 aromatic rings. The average Bonchev–Trinajstić information content (AvgIpc) is 3.05. The molecular formula is C20H26N4O. The van der Waals surface area contributed by atoms with Gasteiger partial charge < -0.3 is 19.9 Å². The minimum Gasteiger partial charge on any atom is -0.508 e. The normalized spacial score (nSPS) is 15.3. The maximum absolute atomic E-state index is 9.42. The monoisotopic (exact) mass is 338 g/mol. The van der Waals surface area contributed by atoms with Gasteiger partial charge in [-0.25, -0.2) is 4.98 Å². The molecule has 1 aliphatic heterocycles. The van der Waals surface area contributed by atoms with Gasteiger partial charge in [-0.15, -0.1) is 0 Å². The Bertz CT molecular complexity index is 833. The van der Waals surface area contributed by atoms with Gasteiger partial charge in [-0.3, -0.25) is 0 Å². The van der Waals surface area contributed by atoms with Crippen molar-refractivity contribution in [1.82, 2.24) is 14.9 Å². The number of nitrogens with one attached hydrogen (secondary N) is 1. The summed E-state index contributed by atoms with van der Waals surface area (Å²) in [7, 11) is 0.